The largest absolute Gasteiger partial charge is 0.507 e. The van der Waals surface area contributed by atoms with Crippen molar-refractivity contribution in [1.82, 2.24) is 0 Å². The number of carboxylic acids is 1. The molecule has 2 N–H and O–H groups in total. The van der Waals surface area contributed by atoms with Gasteiger partial charge in [0.05, 0.1) is 9.79 Å². The molecule has 0 bridgehead atoms. The molecule has 0 saturated heterocycles. The average Bonchev–Trinajstić information content (AvgIpc) is 2.38. The first kappa shape index (κ1) is 17.3. The van der Waals surface area contributed by atoms with E-state index in [1.165, 1.54) is 18.2 Å². The molecule has 5 nitrogen and oxygen atoms in total. The summed E-state index contributed by atoms with van der Waals surface area (Å²) in [5, 5.41) is 18.4. The molecule has 0 saturated carbocycles. The van der Waals surface area contributed by atoms with Crippen molar-refractivity contribution < 1.29 is 42.9 Å². The van der Waals surface area contributed by atoms with Crippen LogP contribution in [0.3, 0.4) is 0 Å². The number of hydrogen-bond acceptors (Lipinski definition) is 4. The van der Waals surface area contributed by atoms with Crippen LogP contribution in [0.1, 0.15) is 15.9 Å². The number of rotatable bonds is 3. The molecule has 7 heteroatoms. The number of benzene rings is 2. The van der Waals surface area contributed by atoms with Gasteiger partial charge in [-0.3, -0.25) is 0 Å². The molecule has 21 heavy (non-hydrogen) atoms. The quantitative estimate of drug-likeness (QED) is 0.822. The Morgan fingerprint density at radius 2 is 1.52 bits per heavy atom. The van der Waals surface area contributed by atoms with Crippen LogP contribution >= 0.6 is 0 Å². The van der Waals surface area contributed by atoms with E-state index in [0.717, 1.165) is 17.7 Å². The second kappa shape index (κ2) is 6.37. The summed E-state index contributed by atoms with van der Waals surface area (Å²) >= 11 is 0. The molecule has 0 radical (unpaired) electrons. The zero-order valence-corrected chi connectivity index (χ0v) is 15.1. The Kier molecular flexibility index (Phi) is 5.26. The van der Waals surface area contributed by atoms with Gasteiger partial charge in [-0.2, -0.15) is 0 Å². The van der Waals surface area contributed by atoms with Crippen molar-refractivity contribution >= 4 is 15.8 Å². The minimum Gasteiger partial charge on any atom is -0.507 e. The first-order valence-electron chi connectivity index (χ1n) is 5.70. The molecule has 0 atom stereocenters. The zero-order valence-electron chi connectivity index (χ0n) is 11.3. The van der Waals surface area contributed by atoms with Crippen molar-refractivity contribution in [2.45, 2.75) is 16.7 Å². The molecule has 2 aromatic carbocycles. The van der Waals surface area contributed by atoms with Gasteiger partial charge in [-0.05, 0) is 37.3 Å². The molecule has 0 fully saturated rings. The van der Waals surface area contributed by atoms with Crippen molar-refractivity contribution in [1.29, 1.82) is 0 Å². The van der Waals surface area contributed by atoms with E-state index in [9.17, 15) is 18.3 Å². The van der Waals surface area contributed by atoms with Crippen LogP contribution in [-0.4, -0.2) is 24.6 Å². The molecule has 106 valence electrons. The van der Waals surface area contributed by atoms with Crippen LogP contribution in [0, 0.1) is 6.92 Å². The zero-order chi connectivity index (χ0) is 14.9. The molecule has 0 aliphatic rings. The molecule has 2 rings (SSSR count). The Morgan fingerprint density at radius 3 is 2.00 bits per heavy atom. The van der Waals surface area contributed by atoms with E-state index in [-0.39, 0.29) is 34.8 Å². The van der Waals surface area contributed by atoms with Gasteiger partial charge in [0.2, 0.25) is 9.84 Å². The second-order valence-electron chi connectivity index (χ2n) is 4.30. The summed E-state index contributed by atoms with van der Waals surface area (Å²) in [7, 11) is -3.77. The molecule has 0 unspecified atom stereocenters. The SMILES string of the molecule is Cc1ccc(S(=O)(=O)c2ccc(C(=O)O)c(O)c2)cc1.[Zn]. The molecule has 0 amide bonds. The van der Waals surface area contributed by atoms with E-state index >= 15 is 0 Å². The number of aromatic hydroxyl groups is 1. The van der Waals surface area contributed by atoms with E-state index in [1.807, 2.05) is 6.92 Å². The van der Waals surface area contributed by atoms with Crippen LogP contribution in [0.4, 0.5) is 0 Å². The summed E-state index contributed by atoms with van der Waals surface area (Å²) < 4.78 is 24.6. The van der Waals surface area contributed by atoms with Crippen LogP contribution in [-0.2, 0) is 29.3 Å². The van der Waals surface area contributed by atoms with Gasteiger partial charge < -0.3 is 10.2 Å². The van der Waals surface area contributed by atoms with Crippen LogP contribution in [0.15, 0.2) is 52.3 Å². The van der Waals surface area contributed by atoms with Gasteiger partial charge in [-0.25, -0.2) is 13.2 Å². The van der Waals surface area contributed by atoms with E-state index in [1.54, 1.807) is 12.1 Å². The third kappa shape index (κ3) is 3.49. The Hall–Kier alpha value is -1.72. The van der Waals surface area contributed by atoms with Gasteiger partial charge in [0, 0.05) is 19.5 Å². The fourth-order valence-corrected chi connectivity index (χ4v) is 2.99. The number of aromatic carboxylic acids is 1. The Bertz CT molecular complexity index is 766. The minimum atomic E-state index is -3.77. The average molecular weight is 358 g/mol. The Labute approximate surface area is 134 Å². The number of aryl methyl sites for hydroxylation is 1. The van der Waals surface area contributed by atoms with Gasteiger partial charge in [-0.1, -0.05) is 17.7 Å². The number of carboxylic acid groups (broad SMARTS) is 1. The summed E-state index contributed by atoms with van der Waals surface area (Å²) in [5.74, 6) is -1.90. The van der Waals surface area contributed by atoms with Crippen molar-refractivity contribution in [3.63, 3.8) is 0 Å². The minimum absolute atomic E-state index is 0. The van der Waals surface area contributed by atoms with Crippen LogP contribution in [0.5, 0.6) is 5.75 Å². The smallest absolute Gasteiger partial charge is 0.339 e. The van der Waals surface area contributed by atoms with Crippen LogP contribution in [0.2, 0.25) is 0 Å². The maximum absolute atomic E-state index is 12.3. The summed E-state index contributed by atoms with van der Waals surface area (Å²) in [5.41, 5.74) is 0.584. The molecule has 2 aromatic rings. The van der Waals surface area contributed by atoms with Crippen molar-refractivity contribution in [3.8, 4) is 5.75 Å². The van der Waals surface area contributed by atoms with Crippen LogP contribution < -0.4 is 0 Å². The first-order valence-corrected chi connectivity index (χ1v) is 7.19. The Morgan fingerprint density at radius 1 is 1.00 bits per heavy atom. The van der Waals surface area contributed by atoms with Crippen molar-refractivity contribution in [2.75, 3.05) is 0 Å². The molecular weight excluding hydrogens is 346 g/mol. The number of hydrogen-bond donors (Lipinski definition) is 2. The third-order valence-electron chi connectivity index (χ3n) is 2.84. The third-order valence-corrected chi connectivity index (χ3v) is 4.61. The van der Waals surface area contributed by atoms with Gasteiger partial charge >= 0.3 is 5.97 Å². The molecule has 0 aliphatic carbocycles. The summed E-state index contributed by atoms with van der Waals surface area (Å²) in [4.78, 5) is 10.7. The fraction of sp³-hybridized carbons (Fsp3) is 0.0714. The van der Waals surface area contributed by atoms with E-state index in [2.05, 4.69) is 0 Å². The first-order chi connectivity index (χ1) is 9.32. The fourth-order valence-electron chi connectivity index (χ4n) is 1.71. The van der Waals surface area contributed by atoms with Gasteiger partial charge in [0.25, 0.3) is 0 Å². The maximum Gasteiger partial charge on any atom is 0.339 e. The monoisotopic (exact) mass is 356 g/mol. The number of phenols is 1. The normalized spacial score (nSPS) is 10.7. The number of carbonyl (C=O) groups is 1. The van der Waals surface area contributed by atoms with Gasteiger partial charge in [0.15, 0.2) is 0 Å². The summed E-state index contributed by atoms with van der Waals surface area (Å²) in [6.45, 7) is 1.84. The van der Waals surface area contributed by atoms with Gasteiger partial charge in [-0.15, -0.1) is 0 Å². The predicted octanol–water partition coefficient (Wildman–Crippen LogP) is 2.23. The Balaban J connectivity index is 0.00000220. The van der Waals surface area contributed by atoms with Crippen LogP contribution in [0.25, 0.3) is 0 Å². The van der Waals surface area contributed by atoms with E-state index in [0.29, 0.717) is 0 Å². The van der Waals surface area contributed by atoms with E-state index < -0.39 is 21.6 Å². The molecular formula is C14H12O5SZn. The predicted molar refractivity (Wildman–Crippen MR) is 71.7 cm³/mol. The molecule has 0 heterocycles. The second-order valence-corrected chi connectivity index (χ2v) is 6.25. The molecule has 0 aromatic heterocycles. The number of sulfone groups is 1. The molecule has 0 spiro atoms. The summed E-state index contributed by atoms with van der Waals surface area (Å²) in [6, 6.07) is 9.44. The topological polar surface area (TPSA) is 91.7 Å². The summed E-state index contributed by atoms with van der Waals surface area (Å²) in [6.07, 6.45) is 0. The van der Waals surface area contributed by atoms with Crippen molar-refractivity contribution in [3.05, 3.63) is 53.6 Å². The standard InChI is InChI=1S/C14H12O5S.Zn/c1-9-2-4-10(5-3-9)20(18,19)11-6-7-12(14(16)17)13(15)8-11;/h2-8,15H,1H3,(H,16,17);. The molecule has 0 aliphatic heterocycles. The van der Waals surface area contributed by atoms with E-state index in [4.69, 9.17) is 5.11 Å². The van der Waals surface area contributed by atoms with Gasteiger partial charge in [0.1, 0.15) is 11.3 Å². The van der Waals surface area contributed by atoms with Crippen molar-refractivity contribution in [2.24, 2.45) is 0 Å². The maximum atomic E-state index is 12.3.